The van der Waals surface area contributed by atoms with Gasteiger partial charge in [0.15, 0.2) is 0 Å². The number of carbonyl (C=O) groups excluding carboxylic acids is 1. The topological polar surface area (TPSA) is 32.3 Å². The molecule has 18 heavy (non-hydrogen) atoms. The van der Waals surface area contributed by atoms with Crippen molar-refractivity contribution in [2.45, 2.75) is 65.5 Å². The quantitative estimate of drug-likeness (QED) is 0.837. The van der Waals surface area contributed by atoms with E-state index in [0.29, 0.717) is 23.8 Å². The molecule has 104 valence electrons. The first-order valence-electron chi connectivity index (χ1n) is 7.54. The summed E-state index contributed by atoms with van der Waals surface area (Å²) in [7, 11) is 0. The molecule has 1 saturated carbocycles. The molecule has 0 aromatic rings. The van der Waals surface area contributed by atoms with Gasteiger partial charge in [0.1, 0.15) is 0 Å². The number of hydrogen-bond acceptors (Lipinski definition) is 2. The normalized spacial score (nSPS) is 37.6. The van der Waals surface area contributed by atoms with Crippen LogP contribution in [0.2, 0.25) is 0 Å². The molecule has 1 amide bonds. The fourth-order valence-electron chi connectivity index (χ4n) is 3.50. The highest BCUT2D eigenvalue weighted by Crippen LogP contribution is 2.34. The van der Waals surface area contributed by atoms with Crippen molar-refractivity contribution in [3.8, 4) is 0 Å². The minimum absolute atomic E-state index is 0.0643. The number of hydrogen-bond donors (Lipinski definition) is 1. The molecule has 4 atom stereocenters. The van der Waals surface area contributed by atoms with E-state index in [0.717, 1.165) is 19.0 Å². The third-order valence-corrected chi connectivity index (χ3v) is 4.86. The Morgan fingerprint density at radius 1 is 1.33 bits per heavy atom. The lowest BCUT2D eigenvalue weighted by atomic mass is 9.77. The first-order chi connectivity index (χ1) is 8.50. The summed E-state index contributed by atoms with van der Waals surface area (Å²) in [6.45, 7) is 9.78. The first-order valence-corrected chi connectivity index (χ1v) is 7.54. The Morgan fingerprint density at radius 3 is 2.72 bits per heavy atom. The highest BCUT2D eigenvalue weighted by Gasteiger charge is 2.39. The third-order valence-electron chi connectivity index (χ3n) is 4.86. The maximum absolute atomic E-state index is 12.5. The summed E-state index contributed by atoms with van der Waals surface area (Å²) < 4.78 is 0. The van der Waals surface area contributed by atoms with E-state index >= 15 is 0 Å². The summed E-state index contributed by atoms with van der Waals surface area (Å²) in [5.74, 6) is 2.31. The monoisotopic (exact) mass is 252 g/mol. The van der Waals surface area contributed by atoms with Crippen LogP contribution in [0.4, 0.5) is 0 Å². The Kier molecular flexibility index (Phi) is 4.31. The van der Waals surface area contributed by atoms with Crippen LogP contribution in [0.25, 0.3) is 0 Å². The second-order valence-electron chi connectivity index (χ2n) is 6.69. The molecule has 2 aliphatic rings. The van der Waals surface area contributed by atoms with Crippen LogP contribution >= 0.6 is 0 Å². The minimum Gasteiger partial charge on any atom is -0.325 e. The highest BCUT2D eigenvalue weighted by molar-refractivity contribution is 5.84. The van der Waals surface area contributed by atoms with Gasteiger partial charge in [-0.05, 0) is 30.6 Å². The van der Waals surface area contributed by atoms with Crippen molar-refractivity contribution in [2.24, 2.45) is 17.8 Å². The van der Waals surface area contributed by atoms with Crippen LogP contribution in [-0.2, 0) is 4.79 Å². The summed E-state index contributed by atoms with van der Waals surface area (Å²) in [5, 5.41) is 3.40. The number of carbonyl (C=O) groups is 1. The lowest BCUT2D eigenvalue weighted by Gasteiger charge is -2.39. The van der Waals surface area contributed by atoms with Crippen LogP contribution in [0.5, 0.6) is 0 Å². The van der Waals surface area contributed by atoms with Crippen LogP contribution in [-0.4, -0.2) is 29.6 Å². The Hall–Kier alpha value is -0.570. The van der Waals surface area contributed by atoms with Gasteiger partial charge in [-0.15, -0.1) is 0 Å². The summed E-state index contributed by atoms with van der Waals surface area (Å²) in [5.41, 5.74) is 0. The average molecular weight is 252 g/mol. The van der Waals surface area contributed by atoms with Gasteiger partial charge in [0.2, 0.25) is 5.91 Å². The molecule has 2 fully saturated rings. The van der Waals surface area contributed by atoms with Gasteiger partial charge in [0.25, 0.3) is 0 Å². The number of rotatable bonds is 3. The summed E-state index contributed by atoms with van der Waals surface area (Å²) in [4.78, 5) is 14.6. The molecule has 0 bridgehead atoms. The van der Waals surface area contributed by atoms with Crippen molar-refractivity contribution in [1.29, 1.82) is 0 Å². The van der Waals surface area contributed by atoms with Crippen molar-refractivity contribution in [3.05, 3.63) is 0 Å². The lowest BCUT2D eigenvalue weighted by molar-refractivity contribution is -0.133. The summed E-state index contributed by atoms with van der Waals surface area (Å²) in [6, 6.07) is 0.528. The van der Waals surface area contributed by atoms with Gasteiger partial charge in [-0.25, -0.2) is 0 Å². The van der Waals surface area contributed by atoms with E-state index < -0.39 is 0 Å². The van der Waals surface area contributed by atoms with E-state index in [4.69, 9.17) is 0 Å². The molecule has 1 heterocycles. The van der Waals surface area contributed by atoms with Crippen LogP contribution in [0.15, 0.2) is 0 Å². The molecule has 2 rings (SSSR count). The zero-order chi connectivity index (χ0) is 13.3. The molecule has 0 aromatic heterocycles. The molecule has 1 N–H and O–H groups in total. The standard InChI is InChI=1S/C15H28N2O/c1-10(2)8-13-15(18)17(9-16-13)14-7-5-6-11(3)12(14)4/h10-14,16H,5-9H2,1-4H3. The molecule has 0 radical (unpaired) electrons. The van der Waals surface area contributed by atoms with Crippen molar-refractivity contribution in [1.82, 2.24) is 10.2 Å². The molecule has 0 spiro atoms. The fraction of sp³-hybridized carbons (Fsp3) is 0.933. The Balaban J connectivity index is 2.00. The molecule has 4 unspecified atom stereocenters. The van der Waals surface area contributed by atoms with Gasteiger partial charge < -0.3 is 4.90 Å². The van der Waals surface area contributed by atoms with Gasteiger partial charge in [-0.2, -0.15) is 0 Å². The van der Waals surface area contributed by atoms with Crippen LogP contribution in [0.1, 0.15) is 53.4 Å². The molecule has 0 aromatic carbocycles. The summed E-state index contributed by atoms with van der Waals surface area (Å²) in [6.07, 6.45) is 4.75. The molecular weight excluding hydrogens is 224 g/mol. The molecule has 3 heteroatoms. The van der Waals surface area contributed by atoms with E-state index in [1.807, 2.05) is 0 Å². The van der Waals surface area contributed by atoms with Crippen LogP contribution < -0.4 is 5.32 Å². The first kappa shape index (κ1) is 13.9. The van der Waals surface area contributed by atoms with E-state index in [1.54, 1.807) is 0 Å². The van der Waals surface area contributed by atoms with Crippen molar-refractivity contribution in [3.63, 3.8) is 0 Å². The minimum atomic E-state index is 0.0643. The third kappa shape index (κ3) is 2.71. The maximum atomic E-state index is 12.5. The van der Waals surface area contributed by atoms with Gasteiger partial charge in [0.05, 0.1) is 12.7 Å². The smallest absolute Gasteiger partial charge is 0.241 e. The molecule has 1 aliphatic carbocycles. The summed E-state index contributed by atoms with van der Waals surface area (Å²) >= 11 is 0. The Bertz CT molecular complexity index is 303. The Labute approximate surface area is 111 Å². The lowest BCUT2D eigenvalue weighted by Crippen LogP contribution is -2.46. The molecule has 3 nitrogen and oxygen atoms in total. The SMILES string of the molecule is CC(C)CC1NCN(C2CCCC(C)C2C)C1=O. The molecule has 1 aliphatic heterocycles. The predicted octanol–water partition coefficient (Wildman–Crippen LogP) is 2.62. The van der Waals surface area contributed by atoms with Gasteiger partial charge in [-0.1, -0.05) is 40.5 Å². The number of nitrogens with one attached hydrogen (secondary N) is 1. The van der Waals surface area contributed by atoms with Crippen molar-refractivity contribution < 1.29 is 4.79 Å². The highest BCUT2D eigenvalue weighted by atomic mass is 16.2. The van der Waals surface area contributed by atoms with Gasteiger partial charge in [0, 0.05) is 6.04 Å². The second kappa shape index (κ2) is 5.60. The average Bonchev–Trinajstić information content (AvgIpc) is 2.64. The van der Waals surface area contributed by atoms with Gasteiger partial charge >= 0.3 is 0 Å². The van der Waals surface area contributed by atoms with E-state index in [1.165, 1.54) is 19.3 Å². The second-order valence-corrected chi connectivity index (χ2v) is 6.69. The number of amides is 1. The predicted molar refractivity (Wildman–Crippen MR) is 74.1 cm³/mol. The van der Waals surface area contributed by atoms with Crippen molar-refractivity contribution in [2.75, 3.05) is 6.67 Å². The van der Waals surface area contributed by atoms with Crippen molar-refractivity contribution >= 4 is 5.91 Å². The largest absolute Gasteiger partial charge is 0.325 e. The van der Waals surface area contributed by atoms with E-state index in [2.05, 4.69) is 37.9 Å². The molecular formula is C15H28N2O. The molecule has 1 saturated heterocycles. The number of nitrogens with zero attached hydrogens (tertiary/aromatic N) is 1. The van der Waals surface area contributed by atoms with E-state index in [-0.39, 0.29) is 6.04 Å². The van der Waals surface area contributed by atoms with E-state index in [9.17, 15) is 4.79 Å². The van der Waals surface area contributed by atoms with Gasteiger partial charge in [-0.3, -0.25) is 10.1 Å². The Morgan fingerprint density at radius 2 is 2.06 bits per heavy atom. The maximum Gasteiger partial charge on any atom is 0.241 e. The van der Waals surface area contributed by atoms with Crippen LogP contribution in [0, 0.1) is 17.8 Å². The fourth-order valence-corrected chi connectivity index (χ4v) is 3.50. The zero-order valence-corrected chi connectivity index (χ0v) is 12.3. The van der Waals surface area contributed by atoms with Crippen LogP contribution in [0.3, 0.4) is 0 Å². The zero-order valence-electron chi connectivity index (χ0n) is 12.3.